The predicted molar refractivity (Wildman–Crippen MR) is 96.2 cm³/mol. The molecule has 2 aliphatic heterocycles. The van der Waals surface area contributed by atoms with Crippen LogP contribution in [0.25, 0.3) is 0 Å². The van der Waals surface area contributed by atoms with Crippen molar-refractivity contribution in [3.05, 3.63) is 28.3 Å². The highest BCUT2D eigenvalue weighted by Crippen LogP contribution is 2.33. The van der Waals surface area contributed by atoms with Gasteiger partial charge in [-0.25, -0.2) is 0 Å². The minimum Gasteiger partial charge on any atom is -0.483 e. The number of ether oxygens (including phenoxy) is 3. The molecule has 0 aliphatic carbocycles. The normalized spacial score (nSPS) is 19.6. The van der Waals surface area contributed by atoms with Crippen molar-refractivity contribution in [2.75, 3.05) is 32.9 Å². The predicted octanol–water partition coefficient (Wildman–Crippen LogP) is 3.52. The molecule has 0 aromatic heterocycles. The number of nitrogens with zero attached hydrogens (tertiary/aromatic N) is 1. The Kier molecular flexibility index (Phi) is 5.56. The van der Waals surface area contributed by atoms with E-state index in [-0.39, 0.29) is 18.4 Å². The van der Waals surface area contributed by atoms with Crippen molar-refractivity contribution in [2.45, 2.75) is 45.3 Å². The maximum absolute atomic E-state index is 12.5. The lowest BCUT2D eigenvalue weighted by molar-refractivity contribution is -0.187. The molecule has 0 unspecified atom stereocenters. The third-order valence-corrected chi connectivity index (χ3v) is 5.36. The third kappa shape index (κ3) is 4.10. The summed E-state index contributed by atoms with van der Waals surface area (Å²) < 4.78 is 17.3. The third-order valence-electron chi connectivity index (χ3n) is 4.96. The number of carbonyl (C=O) groups excluding carboxylic acids is 1. The van der Waals surface area contributed by atoms with Gasteiger partial charge in [0.25, 0.3) is 5.91 Å². The molecule has 1 aromatic rings. The summed E-state index contributed by atoms with van der Waals surface area (Å²) in [5.74, 6) is 0.543. The lowest BCUT2D eigenvalue weighted by Gasteiger charge is -2.37. The average Bonchev–Trinajstić information content (AvgIpc) is 3.03. The van der Waals surface area contributed by atoms with E-state index >= 15 is 0 Å². The van der Waals surface area contributed by atoms with Crippen LogP contribution in [0.4, 0.5) is 0 Å². The van der Waals surface area contributed by atoms with Gasteiger partial charge in [-0.05, 0) is 36.1 Å². The van der Waals surface area contributed by atoms with E-state index in [2.05, 4.69) is 13.8 Å². The van der Waals surface area contributed by atoms with E-state index in [0.29, 0.717) is 26.3 Å². The van der Waals surface area contributed by atoms with Gasteiger partial charge in [0.15, 0.2) is 12.4 Å². The second-order valence-corrected chi connectivity index (χ2v) is 7.48. The zero-order chi connectivity index (χ0) is 18.0. The summed E-state index contributed by atoms with van der Waals surface area (Å²) in [6, 6.07) is 3.84. The van der Waals surface area contributed by atoms with Crippen LogP contribution in [0.2, 0.25) is 5.02 Å². The summed E-state index contributed by atoms with van der Waals surface area (Å²) in [5, 5.41) is 0.722. The number of amides is 1. The van der Waals surface area contributed by atoms with E-state index in [1.165, 1.54) is 0 Å². The fourth-order valence-corrected chi connectivity index (χ4v) is 3.53. The van der Waals surface area contributed by atoms with Crippen molar-refractivity contribution >= 4 is 17.5 Å². The Balaban J connectivity index is 1.58. The van der Waals surface area contributed by atoms with Crippen LogP contribution in [0.3, 0.4) is 0 Å². The summed E-state index contributed by atoms with van der Waals surface area (Å²) in [7, 11) is 0. The standard InChI is InChI=1S/C19H26ClNO4/c1-13(2)15-11-16(20)14(3)10-17(15)23-12-18(22)21-6-4-19(5-7-21)24-8-9-25-19/h10-11,13H,4-9,12H2,1-3H3. The van der Waals surface area contributed by atoms with Crippen molar-refractivity contribution < 1.29 is 19.0 Å². The molecule has 1 aromatic carbocycles. The van der Waals surface area contributed by atoms with Crippen molar-refractivity contribution in [1.82, 2.24) is 4.90 Å². The van der Waals surface area contributed by atoms with E-state index in [9.17, 15) is 4.79 Å². The molecule has 1 spiro atoms. The van der Waals surface area contributed by atoms with E-state index in [1.807, 2.05) is 24.0 Å². The second kappa shape index (κ2) is 7.52. The Hall–Kier alpha value is -1.30. The van der Waals surface area contributed by atoms with E-state index in [4.69, 9.17) is 25.8 Å². The van der Waals surface area contributed by atoms with E-state index < -0.39 is 5.79 Å². The SMILES string of the molecule is Cc1cc(OCC(=O)N2CCC3(CC2)OCCO3)c(C(C)C)cc1Cl. The van der Waals surface area contributed by atoms with Crippen LogP contribution in [0.5, 0.6) is 5.75 Å². The van der Waals surface area contributed by atoms with Gasteiger partial charge in [0, 0.05) is 31.0 Å². The molecule has 25 heavy (non-hydrogen) atoms. The van der Waals surface area contributed by atoms with Gasteiger partial charge < -0.3 is 19.1 Å². The minimum absolute atomic E-state index is 0.00449. The highest BCUT2D eigenvalue weighted by molar-refractivity contribution is 6.31. The highest BCUT2D eigenvalue weighted by Gasteiger charge is 2.40. The van der Waals surface area contributed by atoms with Crippen LogP contribution in [-0.2, 0) is 14.3 Å². The number of hydrogen-bond donors (Lipinski definition) is 0. The molecule has 2 aliphatic rings. The van der Waals surface area contributed by atoms with Crippen LogP contribution in [-0.4, -0.2) is 49.5 Å². The average molecular weight is 368 g/mol. The molecule has 138 valence electrons. The number of carbonyl (C=O) groups is 1. The molecule has 2 fully saturated rings. The van der Waals surface area contributed by atoms with Gasteiger partial charge in [0.1, 0.15) is 5.75 Å². The number of aryl methyl sites for hydroxylation is 1. The number of likely N-dealkylation sites (tertiary alicyclic amines) is 1. The first-order chi connectivity index (χ1) is 11.9. The molecule has 2 heterocycles. The summed E-state index contributed by atoms with van der Waals surface area (Å²) in [6.07, 6.45) is 1.44. The summed E-state index contributed by atoms with van der Waals surface area (Å²) in [4.78, 5) is 14.3. The second-order valence-electron chi connectivity index (χ2n) is 7.07. The molecule has 0 N–H and O–H groups in total. The van der Waals surface area contributed by atoms with Crippen LogP contribution in [0.1, 0.15) is 43.7 Å². The van der Waals surface area contributed by atoms with Gasteiger partial charge in [0.05, 0.1) is 13.2 Å². The van der Waals surface area contributed by atoms with Gasteiger partial charge >= 0.3 is 0 Å². The Labute approximate surface area is 154 Å². The lowest BCUT2D eigenvalue weighted by Crippen LogP contribution is -2.48. The fourth-order valence-electron chi connectivity index (χ4n) is 3.36. The fraction of sp³-hybridized carbons (Fsp3) is 0.632. The zero-order valence-electron chi connectivity index (χ0n) is 15.1. The zero-order valence-corrected chi connectivity index (χ0v) is 15.9. The Morgan fingerprint density at radius 3 is 2.52 bits per heavy atom. The molecule has 5 nitrogen and oxygen atoms in total. The Bertz CT molecular complexity index is 631. The highest BCUT2D eigenvalue weighted by atomic mass is 35.5. The quantitative estimate of drug-likeness (QED) is 0.817. The first kappa shape index (κ1) is 18.5. The largest absolute Gasteiger partial charge is 0.483 e. The first-order valence-corrected chi connectivity index (χ1v) is 9.26. The molecular formula is C19H26ClNO4. The molecule has 6 heteroatoms. The summed E-state index contributed by atoms with van der Waals surface area (Å²) >= 11 is 6.22. The molecule has 0 atom stereocenters. The van der Waals surface area contributed by atoms with Crippen LogP contribution < -0.4 is 4.74 Å². The number of hydrogen-bond acceptors (Lipinski definition) is 4. The van der Waals surface area contributed by atoms with Crippen LogP contribution >= 0.6 is 11.6 Å². The number of rotatable bonds is 4. The molecular weight excluding hydrogens is 342 g/mol. The first-order valence-electron chi connectivity index (χ1n) is 8.89. The van der Waals surface area contributed by atoms with Crippen molar-refractivity contribution in [3.8, 4) is 5.75 Å². The Morgan fingerprint density at radius 1 is 1.28 bits per heavy atom. The Morgan fingerprint density at radius 2 is 1.92 bits per heavy atom. The topological polar surface area (TPSA) is 48.0 Å². The number of benzene rings is 1. The van der Waals surface area contributed by atoms with Gasteiger partial charge in [-0.2, -0.15) is 0 Å². The summed E-state index contributed by atoms with van der Waals surface area (Å²) in [6.45, 7) is 8.71. The number of piperidine rings is 1. The van der Waals surface area contributed by atoms with Gasteiger partial charge in [-0.3, -0.25) is 4.79 Å². The van der Waals surface area contributed by atoms with Crippen molar-refractivity contribution in [3.63, 3.8) is 0 Å². The van der Waals surface area contributed by atoms with Crippen LogP contribution in [0, 0.1) is 6.92 Å². The molecule has 0 radical (unpaired) electrons. The maximum atomic E-state index is 12.5. The van der Waals surface area contributed by atoms with E-state index in [1.54, 1.807) is 0 Å². The van der Waals surface area contributed by atoms with Crippen LogP contribution in [0.15, 0.2) is 12.1 Å². The smallest absolute Gasteiger partial charge is 0.260 e. The molecule has 1 amide bonds. The minimum atomic E-state index is -0.463. The van der Waals surface area contributed by atoms with Gasteiger partial charge in [-0.15, -0.1) is 0 Å². The molecule has 3 rings (SSSR count). The monoisotopic (exact) mass is 367 g/mol. The molecule has 2 saturated heterocycles. The van der Waals surface area contributed by atoms with Crippen molar-refractivity contribution in [1.29, 1.82) is 0 Å². The molecule has 0 saturated carbocycles. The number of halogens is 1. The van der Waals surface area contributed by atoms with Gasteiger partial charge in [-0.1, -0.05) is 25.4 Å². The maximum Gasteiger partial charge on any atom is 0.260 e. The van der Waals surface area contributed by atoms with E-state index in [0.717, 1.165) is 34.7 Å². The molecule has 0 bridgehead atoms. The lowest BCUT2D eigenvalue weighted by atomic mass is 10.0. The van der Waals surface area contributed by atoms with Gasteiger partial charge in [0.2, 0.25) is 0 Å². The summed E-state index contributed by atoms with van der Waals surface area (Å²) in [5.41, 5.74) is 1.97. The van der Waals surface area contributed by atoms with Crippen molar-refractivity contribution in [2.24, 2.45) is 0 Å².